The molecule has 0 bridgehead atoms. The van der Waals surface area contributed by atoms with Crippen LogP contribution in [0.4, 0.5) is 0 Å². The van der Waals surface area contributed by atoms with Crippen molar-refractivity contribution < 1.29 is 0 Å². The summed E-state index contributed by atoms with van der Waals surface area (Å²) >= 11 is 0. The maximum atomic E-state index is 4.62. The number of nitrogens with zero attached hydrogens (tertiary/aromatic N) is 2. The molecule has 1 saturated heterocycles. The molecule has 1 unspecified atom stereocenters. The normalized spacial score (nSPS) is 19.9. The van der Waals surface area contributed by atoms with E-state index in [1.165, 1.54) is 18.4 Å². The van der Waals surface area contributed by atoms with Crippen LogP contribution in [-0.4, -0.2) is 21.7 Å². The van der Waals surface area contributed by atoms with Crippen molar-refractivity contribution >= 4 is 0 Å². The highest BCUT2D eigenvalue weighted by molar-refractivity contribution is 5.55. The Kier molecular flexibility index (Phi) is 3.11. The van der Waals surface area contributed by atoms with E-state index in [1.54, 1.807) is 0 Å². The van der Waals surface area contributed by atoms with Gasteiger partial charge < -0.3 is 5.32 Å². The van der Waals surface area contributed by atoms with Gasteiger partial charge in [-0.2, -0.15) is 5.10 Å². The van der Waals surface area contributed by atoms with Gasteiger partial charge in [0.15, 0.2) is 5.82 Å². The zero-order chi connectivity index (χ0) is 12.4. The number of aromatic amines is 1. The minimum atomic E-state index is 0.338. The molecule has 1 fully saturated rings. The minimum Gasteiger partial charge on any atom is -0.307 e. The van der Waals surface area contributed by atoms with Crippen molar-refractivity contribution in [3.05, 3.63) is 35.7 Å². The molecule has 2 aromatic rings. The van der Waals surface area contributed by atoms with Crippen LogP contribution >= 0.6 is 0 Å². The second-order valence-electron chi connectivity index (χ2n) is 4.92. The maximum absolute atomic E-state index is 4.62. The molecule has 1 atom stereocenters. The third-order valence-electron chi connectivity index (χ3n) is 3.42. The molecule has 4 nitrogen and oxygen atoms in total. The molecule has 1 aliphatic rings. The van der Waals surface area contributed by atoms with Gasteiger partial charge in [-0.3, -0.25) is 5.10 Å². The second kappa shape index (κ2) is 4.90. The highest BCUT2D eigenvalue weighted by Crippen LogP contribution is 2.22. The van der Waals surface area contributed by atoms with E-state index >= 15 is 0 Å². The summed E-state index contributed by atoms with van der Waals surface area (Å²) in [5.41, 5.74) is 2.31. The summed E-state index contributed by atoms with van der Waals surface area (Å²) in [6, 6.07) is 8.62. The quantitative estimate of drug-likeness (QED) is 0.851. The minimum absolute atomic E-state index is 0.338. The predicted molar refractivity (Wildman–Crippen MR) is 71.2 cm³/mol. The fraction of sp³-hybridized carbons (Fsp3) is 0.429. The summed E-state index contributed by atoms with van der Waals surface area (Å²) in [6.07, 6.45) is 3.66. The van der Waals surface area contributed by atoms with Gasteiger partial charge in [0.1, 0.15) is 5.82 Å². The molecule has 2 N–H and O–H groups in total. The van der Waals surface area contributed by atoms with Crippen molar-refractivity contribution in [3.63, 3.8) is 0 Å². The van der Waals surface area contributed by atoms with Gasteiger partial charge in [0, 0.05) is 5.56 Å². The van der Waals surface area contributed by atoms with Gasteiger partial charge in [-0.15, -0.1) is 0 Å². The average molecular weight is 242 g/mol. The Bertz CT molecular complexity index is 526. The Labute approximate surface area is 107 Å². The van der Waals surface area contributed by atoms with Gasteiger partial charge in [0.2, 0.25) is 0 Å². The van der Waals surface area contributed by atoms with E-state index in [1.807, 2.05) is 12.1 Å². The molecule has 0 aliphatic carbocycles. The Hall–Kier alpha value is -1.68. The summed E-state index contributed by atoms with van der Waals surface area (Å²) in [5.74, 6) is 1.76. The first kappa shape index (κ1) is 11.4. The molecule has 3 rings (SSSR count). The van der Waals surface area contributed by atoms with Crippen LogP contribution in [0.3, 0.4) is 0 Å². The largest absolute Gasteiger partial charge is 0.307 e. The topological polar surface area (TPSA) is 53.6 Å². The standard InChI is InChI=1S/C14H18N4/c1-10-5-4-6-11(9-10)13-16-14(18-17-13)12-7-2-3-8-15-12/h4-6,9,12,15H,2-3,7-8H2,1H3,(H,16,17,18). The van der Waals surface area contributed by atoms with Crippen LogP contribution in [0.2, 0.25) is 0 Å². The van der Waals surface area contributed by atoms with Crippen LogP contribution in [-0.2, 0) is 0 Å². The fourth-order valence-electron chi connectivity index (χ4n) is 2.43. The summed E-state index contributed by atoms with van der Waals surface area (Å²) < 4.78 is 0. The summed E-state index contributed by atoms with van der Waals surface area (Å²) in [6.45, 7) is 3.16. The molecule has 0 saturated carbocycles. The van der Waals surface area contributed by atoms with Crippen molar-refractivity contribution in [1.29, 1.82) is 0 Å². The van der Waals surface area contributed by atoms with Gasteiger partial charge in [-0.1, -0.05) is 30.2 Å². The number of nitrogens with one attached hydrogen (secondary N) is 2. The van der Waals surface area contributed by atoms with E-state index in [-0.39, 0.29) is 0 Å². The lowest BCUT2D eigenvalue weighted by atomic mass is 10.0. The third kappa shape index (κ3) is 2.29. The highest BCUT2D eigenvalue weighted by Gasteiger charge is 2.18. The number of rotatable bonds is 2. The maximum Gasteiger partial charge on any atom is 0.181 e. The van der Waals surface area contributed by atoms with E-state index in [0.29, 0.717) is 6.04 Å². The molecule has 2 heterocycles. The van der Waals surface area contributed by atoms with Crippen LogP contribution in [0.15, 0.2) is 24.3 Å². The molecule has 4 heteroatoms. The van der Waals surface area contributed by atoms with Crippen molar-refractivity contribution in [2.24, 2.45) is 0 Å². The average Bonchev–Trinajstić information content (AvgIpc) is 2.89. The van der Waals surface area contributed by atoms with Gasteiger partial charge >= 0.3 is 0 Å². The Balaban J connectivity index is 1.84. The first-order chi connectivity index (χ1) is 8.83. The summed E-state index contributed by atoms with van der Waals surface area (Å²) in [4.78, 5) is 4.62. The smallest absolute Gasteiger partial charge is 0.181 e. The number of hydrogen-bond acceptors (Lipinski definition) is 3. The number of H-pyrrole nitrogens is 1. The monoisotopic (exact) mass is 242 g/mol. The first-order valence-electron chi connectivity index (χ1n) is 6.55. The number of aromatic nitrogens is 3. The van der Waals surface area contributed by atoms with Crippen molar-refractivity contribution in [2.45, 2.75) is 32.2 Å². The zero-order valence-electron chi connectivity index (χ0n) is 10.6. The van der Waals surface area contributed by atoms with Crippen LogP contribution in [0.5, 0.6) is 0 Å². The van der Waals surface area contributed by atoms with E-state index in [9.17, 15) is 0 Å². The zero-order valence-corrected chi connectivity index (χ0v) is 10.6. The van der Waals surface area contributed by atoms with Crippen LogP contribution < -0.4 is 5.32 Å². The van der Waals surface area contributed by atoms with Gasteiger partial charge in [0.05, 0.1) is 6.04 Å². The molecule has 1 aliphatic heterocycles. The van der Waals surface area contributed by atoms with E-state index < -0.39 is 0 Å². The number of piperidine rings is 1. The predicted octanol–water partition coefficient (Wildman–Crippen LogP) is 2.59. The van der Waals surface area contributed by atoms with Crippen molar-refractivity contribution in [3.8, 4) is 11.4 Å². The number of benzene rings is 1. The van der Waals surface area contributed by atoms with Crippen LogP contribution in [0, 0.1) is 6.92 Å². The SMILES string of the molecule is Cc1cccc(-c2n[nH]c(C3CCCCN3)n2)c1. The second-order valence-corrected chi connectivity index (χ2v) is 4.92. The first-order valence-corrected chi connectivity index (χ1v) is 6.55. The van der Waals surface area contributed by atoms with Crippen LogP contribution in [0.25, 0.3) is 11.4 Å². The van der Waals surface area contributed by atoms with Gasteiger partial charge in [0.25, 0.3) is 0 Å². The summed E-state index contributed by atoms with van der Waals surface area (Å²) in [7, 11) is 0. The molecule has 0 radical (unpaired) electrons. The number of hydrogen-bond donors (Lipinski definition) is 2. The molecule has 0 amide bonds. The van der Waals surface area contributed by atoms with Crippen molar-refractivity contribution in [1.82, 2.24) is 20.5 Å². The Morgan fingerprint density at radius 1 is 1.28 bits per heavy atom. The van der Waals surface area contributed by atoms with Crippen LogP contribution in [0.1, 0.15) is 36.7 Å². The fourth-order valence-corrected chi connectivity index (χ4v) is 2.43. The molecule has 1 aromatic heterocycles. The Morgan fingerprint density at radius 2 is 2.22 bits per heavy atom. The molecule has 94 valence electrons. The molecule has 18 heavy (non-hydrogen) atoms. The van der Waals surface area contributed by atoms with E-state index in [0.717, 1.165) is 30.2 Å². The van der Waals surface area contributed by atoms with Gasteiger partial charge in [-0.25, -0.2) is 4.98 Å². The lowest BCUT2D eigenvalue weighted by molar-refractivity contribution is 0.398. The van der Waals surface area contributed by atoms with E-state index in [2.05, 4.69) is 39.6 Å². The molecular weight excluding hydrogens is 224 g/mol. The van der Waals surface area contributed by atoms with Gasteiger partial charge in [-0.05, 0) is 32.4 Å². The van der Waals surface area contributed by atoms with E-state index in [4.69, 9.17) is 0 Å². The summed E-state index contributed by atoms with van der Waals surface area (Å²) in [5, 5.41) is 10.9. The Morgan fingerprint density at radius 3 is 3.00 bits per heavy atom. The lowest BCUT2D eigenvalue weighted by Gasteiger charge is -2.20. The molecule has 0 spiro atoms. The number of aryl methyl sites for hydroxylation is 1. The molecule has 1 aromatic carbocycles. The molecular formula is C14H18N4. The highest BCUT2D eigenvalue weighted by atomic mass is 15.2. The lowest BCUT2D eigenvalue weighted by Crippen LogP contribution is -2.27. The van der Waals surface area contributed by atoms with Crippen molar-refractivity contribution in [2.75, 3.05) is 6.54 Å². The third-order valence-corrected chi connectivity index (χ3v) is 3.42.